The van der Waals surface area contributed by atoms with Gasteiger partial charge in [-0.25, -0.2) is 9.13 Å². The van der Waals surface area contributed by atoms with Gasteiger partial charge in [-0.2, -0.15) is 0 Å². The summed E-state index contributed by atoms with van der Waals surface area (Å²) in [5, 5.41) is 71.9. The Hall–Kier alpha value is -3.20. The number of carbonyl (C=O) groups excluding carboxylic acids is 2. The van der Waals surface area contributed by atoms with Crippen molar-refractivity contribution in [1.82, 2.24) is 0 Å². The summed E-state index contributed by atoms with van der Waals surface area (Å²) in [6.07, 6.45) is 25.5. The van der Waals surface area contributed by atoms with Gasteiger partial charge in [-0.1, -0.05) is 156 Å². The van der Waals surface area contributed by atoms with E-state index in [2.05, 4.69) is 67.0 Å². The molecule has 0 aliphatic heterocycles. The van der Waals surface area contributed by atoms with E-state index in [1.54, 1.807) is 36.5 Å². The van der Waals surface area contributed by atoms with Crippen LogP contribution in [0.5, 0.6) is 0 Å². The minimum absolute atomic E-state index is 0.00189. The maximum Gasteiger partial charge on any atom is 0.472 e. The first-order chi connectivity index (χ1) is 34.3. The van der Waals surface area contributed by atoms with Gasteiger partial charge in [0.05, 0.1) is 24.9 Å². The Morgan fingerprint density at radius 1 is 0.556 bits per heavy atom. The predicted molar refractivity (Wildman–Crippen MR) is 273 cm³/mol. The zero-order chi connectivity index (χ0) is 53.6. The fourth-order valence-electron chi connectivity index (χ4n) is 6.99. The molecule has 19 nitrogen and oxygen atoms in total. The van der Waals surface area contributed by atoms with Crippen molar-refractivity contribution < 1.29 is 92.2 Å². The highest BCUT2D eigenvalue weighted by molar-refractivity contribution is 7.47. The van der Waals surface area contributed by atoms with Crippen molar-refractivity contribution in [3.63, 3.8) is 0 Å². The Kier molecular flexibility index (Phi) is 37.3. The van der Waals surface area contributed by atoms with E-state index in [4.69, 9.17) is 18.5 Å². The molecule has 0 bridgehead atoms. The van der Waals surface area contributed by atoms with Crippen molar-refractivity contribution in [3.8, 4) is 0 Å². The molecule has 1 rings (SSSR count). The van der Waals surface area contributed by atoms with Crippen molar-refractivity contribution in [1.29, 1.82) is 0 Å². The summed E-state index contributed by atoms with van der Waals surface area (Å²) in [6.45, 7) is 2.59. The fourth-order valence-corrected chi connectivity index (χ4v) is 8.53. The molecule has 1 aliphatic rings. The molecule has 0 spiro atoms. The number of allylic oxidation sites excluding steroid dienone is 14. The summed E-state index contributed by atoms with van der Waals surface area (Å²) < 4.78 is 49.2. The summed E-state index contributed by atoms with van der Waals surface area (Å²) in [7, 11) is -10.8. The van der Waals surface area contributed by atoms with Gasteiger partial charge in [0.25, 0.3) is 0 Å². The van der Waals surface area contributed by atoms with Crippen LogP contribution in [0.3, 0.4) is 0 Å². The second kappa shape index (κ2) is 40.2. The lowest BCUT2D eigenvalue weighted by Gasteiger charge is -2.43. The molecule has 5 unspecified atom stereocenters. The van der Waals surface area contributed by atoms with E-state index < -0.39 is 102 Å². The summed E-state index contributed by atoms with van der Waals surface area (Å²) in [4.78, 5) is 54.4. The maximum absolute atomic E-state index is 13.0. The molecule has 1 aliphatic carbocycles. The molecular formula is C51H84O19P2. The van der Waals surface area contributed by atoms with Crippen LogP contribution in [-0.2, 0) is 41.8 Å². The molecule has 11 atom stereocenters. The molecular weight excluding hydrogens is 978 g/mol. The molecule has 0 radical (unpaired) electrons. The first-order valence-electron chi connectivity index (χ1n) is 25.1. The summed E-state index contributed by atoms with van der Waals surface area (Å²) in [5.74, 6) is -1.56. The van der Waals surface area contributed by atoms with Crippen LogP contribution in [0.2, 0.25) is 0 Å². The van der Waals surface area contributed by atoms with Gasteiger partial charge < -0.3 is 59.9 Å². The van der Waals surface area contributed by atoms with Crippen LogP contribution in [0.25, 0.3) is 0 Å². The number of aliphatic hydroxyl groups is 7. The van der Waals surface area contributed by atoms with Crippen LogP contribution in [-0.4, -0.2) is 137 Å². The Morgan fingerprint density at radius 2 is 1.10 bits per heavy atom. The Labute approximate surface area is 425 Å². The highest BCUT2D eigenvalue weighted by atomic mass is 31.2. The minimum Gasteiger partial charge on any atom is -0.462 e. The smallest absolute Gasteiger partial charge is 0.462 e. The van der Waals surface area contributed by atoms with Gasteiger partial charge in [0.2, 0.25) is 0 Å². The molecule has 0 aromatic carbocycles. The van der Waals surface area contributed by atoms with E-state index in [9.17, 15) is 69.1 Å². The number of carbonyl (C=O) groups is 2. The molecule has 0 aromatic heterocycles. The lowest BCUT2D eigenvalue weighted by Crippen LogP contribution is -2.64. The van der Waals surface area contributed by atoms with E-state index in [0.717, 1.165) is 77.0 Å². The van der Waals surface area contributed by atoms with Gasteiger partial charge in [-0.3, -0.25) is 23.2 Å². The Bertz CT molecular complexity index is 1810. The fraction of sp³-hybridized carbons (Fsp3) is 0.647. The van der Waals surface area contributed by atoms with Crippen molar-refractivity contribution in [2.24, 2.45) is 0 Å². The number of esters is 2. The number of ether oxygens (including phenoxy) is 2. The highest BCUT2D eigenvalue weighted by Crippen LogP contribution is 2.49. The van der Waals surface area contributed by atoms with Gasteiger partial charge in [-0.05, 0) is 64.2 Å². The summed E-state index contributed by atoms with van der Waals surface area (Å²) in [5.41, 5.74) is 0. The van der Waals surface area contributed by atoms with E-state index in [1.807, 2.05) is 0 Å². The SMILES string of the molecule is CC/C=C\C/C=C\C/C=C\C/C=C\CCCCCCCCC(=O)O[C@H](COC(=O)CCC[C@@H](O)[C@H](O)/C=C/C=C/C=C\C=C\[C@H](O)CCCCC)COP(=O)(O)O[C@H]1C(O)C(O)C(O)[C@@H](OP(=O)(O)O)C1O. The normalized spacial score (nSPS) is 22.9. The second-order valence-electron chi connectivity index (χ2n) is 17.4. The number of unbranched alkanes of at least 4 members (excludes halogenated alkanes) is 8. The molecule has 0 amide bonds. The average Bonchev–Trinajstić information content (AvgIpc) is 3.33. The number of aliphatic hydroxyl groups excluding tert-OH is 7. The zero-order valence-electron chi connectivity index (χ0n) is 41.9. The van der Waals surface area contributed by atoms with E-state index in [-0.39, 0.29) is 25.7 Å². The number of rotatable bonds is 40. The van der Waals surface area contributed by atoms with Crippen LogP contribution in [0.1, 0.15) is 136 Å². The molecule has 0 heterocycles. The van der Waals surface area contributed by atoms with Gasteiger partial charge in [0.1, 0.15) is 43.2 Å². The first kappa shape index (κ1) is 66.8. The Morgan fingerprint density at radius 3 is 1.71 bits per heavy atom. The van der Waals surface area contributed by atoms with Crippen molar-refractivity contribution in [2.45, 2.75) is 197 Å². The molecule has 21 heteroatoms. The van der Waals surface area contributed by atoms with Crippen LogP contribution in [0, 0.1) is 0 Å². The van der Waals surface area contributed by atoms with Crippen molar-refractivity contribution in [3.05, 3.63) is 97.2 Å². The van der Waals surface area contributed by atoms with Crippen LogP contribution >= 0.6 is 15.6 Å². The zero-order valence-corrected chi connectivity index (χ0v) is 43.7. The summed E-state index contributed by atoms with van der Waals surface area (Å²) >= 11 is 0. The highest BCUT2D eigenvalue weighted by Gasteiger charge is 2.54. The molecule has 412 valence electrons. The van der Waals surface area contributed by atoms with Gasteiger partial charge in [-0.15, -0.1) is 0 Å². The third-order valence-electron chi connectivity index (χ3n) is 11.0. The van der Waals surface area contributed by atoms with E-state index >= 15 is 0 Å². The summed E-state index contributed by atoms with van der Waals surface area (Å²) in [6, 6.07) is 0. The van der Waals surface area contributed by atoms with E-state index in [1.165, 1.54) is 12.2 Å². The standard InChI is InChI=1S/C51H84O19P2/c1-3-5-7-8-9-10-11-12-13-14-15-16-17-18-19-20-21-26-30-36-45(56)68-41(39-67-72(64,65)70-51-48(59)46(57)47(58)50(49(51)60)69-71(61,62)63)38-66-44(55)37-31-35-43(54)42(53)34-29-25-23-22-24-28-33-40(52)32-27-6-4-2/h5,7,9-10,12-13,15-16,22-25,28-29,33-34,40-43,46-54,57-60H,3-4,6,8,11,14,17-21,26-27,30-32,35-39H2,1-2H3,(H,64,65)(H2,61,62,63)/b7-5-,10-9-,13-12-,16-15-,24-22-,25-23+,33-28+,34-29+/t40-,41-,42-,43-,46?,47?,48?,49?,50-,51+/m1/s1. The molecule has 72 heavy (non-hydrogen) atoms. The third-order valence-corrected chi connectivity index (χ3v) is 12.5. The lowest BCUT2D eigenvalue weighted by atomic mass is 9.85. The first-order valence-corrected chi connectivity index (χ1v) is 28.1. The molecule has 10 N–H and O–H groups in total. The molecule has 1 saturated carbocycles. The maximum atomic E-state index is 13.0. The topological polar surface area (TPSA) is 317 Å². The number of hydrogen-bond acceptors (Lipinski definition) is 16. The monoisotopic (exact) mass is 1060 g/mol. The largest absolute Gasteiger partial charge is 0.472 e. The van der Waals surface area contributed by atoms with Crippen LogP contribution in [0.15, 0.2) is 97.2 Å². The van der Waals surface area contributed by atoms with Gasteiger partial charge >= 0.3 is 27.6 Å². The number of hydrogen-bond donors (Lipinski definition) is 10. The molecule has 0 aromatic rings. The van der Waals surface area contributed by atoms with Crippen LogP contribution in [0.4, 0.5) is 0 Å². The number of phosphoric acid groups is 2. The third kappa shape index (κ3) is 33.6. The minimum atomic E-state index is -5.41. The average molecular weight is 1060 g/mol. The quantitative estimate of drug-likeness (QED) is 0.00984. The van der Waals surface area contributed by atoms with Crippen molar-refractivity contribution >= 4 is 27.6 Å². The lowest BCUT2D eigenvalue weighted by molar-refractivity contribution is -0.216. The molecule has 1 fully saturated rings. The van der Waals surface area contributed by atoms with Crippen LogP contribution < -0.4 is 0 Å². The van der Waals surface area contributed by atoms with Gasteiger partial charge in [0, 0.05) is 12.8 Å². The van der Waals surface area contributed by atoms with E-state index in [0.29, 0.717) is 19.3 Å². The number of phosphoric ester groups is 2. The van der Waals surface area contributed by atoms with Gasteiger partial charge in [0.15, 0.2) is 6.10 Å². The second-order valence-corrected chi connectivity index (χ2v) is 20.0. The Balaban J connectivity index is 2.71. The predicted octanol–water partition coefficient (Wildman–Crippen LogP) is 6.86. The van der Waals surface area contributed by atoms with Crippen molar-refractivity contribution in [2.75, 3.05) is 13.2 Å². The molecule has 0 saturated heterocycles.